The summed E-state index contributed by atoms with van der Waals surface area (Å²) < 4.78 is 31.3. The van der Waals surface area contributed by atoms with Crippen LogP contribution in [0, 0.1) is 5.82 Å². The van der Waals surface area contributed by atoms with Crippen LogP contribution >= 0.6 is 15.9 Å². The van der Waals surface area contributed by atoms with E-state index in [9.17, 15) is 14.3 Å². The van der Waals surface area contributed by atoms with Crippen molar-refractivity contribution < 1.29 is 23.7 Å². The number of methoxy groups -OCH3 is 2. The van der Waals surface area contributed by atoms with Gasteiger partial charge in [-0.3, -0.25) is 4.79 Å². The standard InChI is InChI=1S/C23H21BrFNO5/c1-29-16-6-3-11(25)9-13(16)23(28)12-4-5-14-20(19(12)17-7-8-18(23)31-17)21(27)22(30-2)15(10-24)26-14/h3-6,9,17-18,28H,7-8,10H2,1-2H3,(H,26,27)/t17-,18+,23-/m0/s1. The minimum Gasteiger partial charge on any atom is -0.496 e. The number of hydrogen-bond donors (Lipinski definition) is 2. The summed E-state index contributed by atoms with van der Waals surface area (Å²) in [7, 11) is 2.92. The lowest BCUT2D eigenvalue weighted by Gasteiger charge is -2.41. The number of benzene rings is 2. The van der Waals surface area contributed by atoms with Gasteiger partial charge in [-0.1, -0.05) is 22.0 Å². The van der Waals surface area contributed by atoms with Gasteiger partial charge >= 0.3 is 0 Å². The predicted octanol–water partition coefficient (Wildman–Crippen LogP) is 4.05. The maximum Gasteiger partial charge on any atom is 0.231 e. The fourth-order valence-electron chi connectivity index (χ4n) is 5.04. The zero-order valence-corrected chi connectivity index (χ0v) is 18.6. The summed E-state index contributed by atoms with van der Waals surface area (Å²) in [6.07, 6.45) is 0.273. The zero-order chi connectivity index (χ0) is 21.9. The van der Waals surface area contributed by atoms with E-state index in [-0.39, 0.29) is 22.8 Å². The minimum atomic E-state index is -1.67. The van der Waals surface area contributed by atoms with E-state index in [4.69, 9.17) is 14.2 Å². The first-order chi connectivity index (χ1) is 14.9. The van der Waals surface area contributed by atoms with Gasteiger partial charge in [-0.05, 0) is 42.7 Å². The van der Waals surface area contributed by atoms with Crippen LogP contribution in [0.15, 0.2) is 35.1 Å². The Morgan fingerprint density at radius 3 is 2.74 bits per heavy atom. The Balaban J connectivity index is 1.88. The Kier molecular flexibility index (Phi) is 4.84. The number of alkyl halides is 1. The van der Waals surface area contributed by atoms with Crippen LogP contribution in [0.2, 0.25) is 0 Å². The minimum absolute atomic E-state index is 0.213. The van der Waals surface area contributed by atoms with Gasteiger partial charge in [0.2, 0.25) is 5.43 Å². The first-order valence-electron chi connectivity index (χ1n) is 9.98. The van der Waals surface area contributed by atoms with Crippen LogP contribution in [0.3, 0.4) is 0 Å². The van der Waals surface area contributed by atoms with Gasteiger partial charge in [0.1, 0.15) is 17.2 Å². The number of aromatic amines is 1. The number of pyridine rings is 1. The molecular formula is C23H21BrFNO5. The molecule has 0 saturated carbocycles. The van der Waals surface area contributed by atoms with Crippen molar-refractivity contribution >= 4 is 26.8 Å². The largest absolute Gasteiger partial charge is 0.496 e. The normalized spacial score (nSPS) is 24.3. The van der Waals surface area contributed by atoms with Crippen molar-refractivity contribution in [1.82, 2.24) is 4.98 Å². The Bertz CT molecular complexity index is 1260. The van der Waals surface area contributed by atoms with Gasteiger partial charge < -0.3 is 24.3 Å². The number of halogens is 2. The van der Waals surface area contributed by atoms with E-state index in [1.165, 1.54) is 32.4 Å². The highest BCUT2D eigenvalue weighted by atomic mass is 79.9. The van der Waals surface area contributed by atoms with E-state index in [0.29, 0.717) is 51.6 Å². The highest BCUT2D eigenvalue weighted by Gasteiger charge is 2.53. The number of hydrogen-bond acceptors (Lipinski definition) is 5. The SMILES string of the molecule is COc1ccc(F)cc1[C@@]1(O)c2ccc3[nH]c(CBr)c(OC)c(=O)c3c2[C@@H]2CC[C@H]1O2. The molecule has 1 saturated heterocycles. The summed E-state index contributed by atoms with van der Waals surface area (Å²) in [5, 5.41) is 12.9. The van der Waals surface area contributed by atoms with E-state index in [0.717, 1.165) is 0 Å². The quantitative estimate of drug-likeness (QED) is 0.540. The molecule has 2 aromatic carbocycles. The number of H-pyrrole nitrogens is 1. The van der Waals surface area contributed by atoms with E-state index in [2.05, 4.69) is 20.9 Å². The van der Waals surface area contributed by atoms with Crippen molar-refractivity contribution in [1.29, 1.82) is 0 Å². The smallest absolute Gasteiger partial charge is 0.231 e. The monoisotopic (exact) mass is 489 g/mol. The molecule has 0 aliphatic carbocycles. The molecule has 0 unspecified atom stereocenters. The molecule has 8 heteroatoms. The molecule has 0 radical (unpaired) electrons. The van der Waals surface area contributed by atoms with Crippen molar-refractivity contribution in [2.24, 2.45) is 0 Å². The first-order valence-corrected chi connectivity index (χ1v) is 11.1. The molecule has 3 heterocycles. The number of aliphatic hydroxyl groups is 1. The maximum atomic E-state index is 14.2. The number of ether oxygens (including phenoxy) is 3. The van der Waals surface area contributed by atoms with E-state index < -0.39 is 17.5 Å². The molecule has 2 aliphatic heterocycles. The van der Waals surface area contributed by atoms with Crippen LogP contribution < -0.4 is 14.9 Å². The molecule has 1 fully saturated rings. The van der Waals surface area contributed by atoms with Crippen LogP contribution in [0.5, 0.6) is 11.5 Å². The third kappa shape index (κ3) is 2.78. The molecule has 31 heavy (non-hydrogen) atoms. The molecule has 0 spiro atoms. The predicted molar refractivity (Wildman–Crippen MR) is 117 cm³/mol. The molecule has 3 atom stereocenters. The fraction of sp³-hybridized carbons (Fsp3) is 0.348. The summed E-state index contributed by atoms with van der Waals surface area (Å²) in [6.45, 7) is 0. The first kappa shape index (κ1) is 20.5. The van der Waals surface area contributed by atoms with Crippen molar-refractivity contribution in [3.8, 4) is 11.5 Å². The molecule has 0 amide bonds. The average Bonchev–Trinajstić information content (AvgIpc) is 3.24. The molecule has 2 N–H and O–H groups in total. The second-order valence-electron chi connectivity index (χ2n) is 7.85. The Hall–Kier alpha value is -2.42. The molecule has 2 aliphatic rings. The fourth-order valence-corrected chi connectivity index (χ4v) is 5.44. The highest BCUT2D eigenvalue weighted by molar-refractivity contribution is 9.08. The van der Waals surface area contributed by atoms with Gasteiger partial charge in [-0.15, -0.1) is 0 Å². The third-order valence-corrected chi connectivity index (χ3v) is 6.93. The third-order valence-electron chi connectivity index (χ3n) is 6.37. The van der Waals surface area contributed by atoms with Crippen LogP contribution in [-0.4, -0.2) is 30.4 Å². The van der Waals surface area contributed by atoms with Crippen molar-refractivity contribution in [2.75, 3.05) is 14.2 Å². The Morgan fingerprint density at radius 2 is 2.03 bits per heavy atom. The highest BCUT2D eigenvalue weighted by Crippen LogP contribution is 2.54. The molecular weight excluding hydrogens is 469 g/mol. The van der Waals surface area contributed by atoms with Crippen LogP contribution in [-0.2, 0) is 15.7 Å². The van der Waals surface area contributed by atoms with Crippen molar-refractivity contribution in [2.45, 2.75) is 36.0 Å². The Labute approximate surface area is 186 Å². The van der Waals surface area contributed by atoms with Gasteiger partial charge in [0.15, 0.2) is 5.75 Å². The molecule has 3 aromatic rings. The summed E-state index contributed by atoms with van der Waals surface area (Å²) in [4.78, 5) is 16.7. The lowest BCUT2D eigenvalue weighted by molar-refractivity contribution is -0.102. The molecule has 2 bridgehead atoms. The lowest BCUT2D eigenvalue weighted by Crippen LogP contribution is -2.44. The van der Waals surface area contributed by atoms with Gasteiger partial charge in [0.25, 0.3) is 0 Å². The van der Waals surface area contributed by atoms with Crippen molar-refractivity contribution in [3.63, 3.8) is 0 Å². The lowest BCUT2D eigenvalue weighted by atomic mass is 9.77. The summed E-state index contributed by atoms with van der Waals surface area (Å²) in [5.41, 5.74) is 0.733. The van der Waals surface area contributed by atoms with Gasteiger partial charge in [-0.2, -0.15) is 0 Å². The molecule has 162 valence electrons. The molecule has 5 rings (SSSR count). The number of rotatable bonds is 4. The summed E-state index contributed by atoms with van der Waals surface area (Å²) >= 11 is 3.38. The summed E-state index contributed by atoms with van der Waals surface area (Å²) in [5.74, 6) is 0.0722. The summed E-state index contributed by atoms with van der Waals surface area (Å²) in [6, 6.07) is 7.60. The Morgan fingerprint density at radius 1 is 1.23 bits per heavy atom. The molecule has 1 aromatic heterocycles. The second kappa shape index (κ2) is 7.32. The topological polar surface area (TPSA) is 80.8 Å². The number of fused-ring (bicyclic) bond motifs is 6. The molecule has 6 nitrogen and oxygen atoms in total. The van der Waals surface area contributed by atoms with Crippen molar-refractivity contribution in [3.05, 3.63) is 68.8 Å². The van der Waals surface area contributed by atoms with Gasteiger partial charge in [0.05, 0.1) is 43.0 Å². The van der Waals surface area contributed by atoms with E-state index >= 15 is 0 Å². The van der Waals surface area contributed by atoms with Gasteiger partial charge in [-0.25, -0.2) is 4.39 Å². The van der Waals surface area contributed by atoms with E-state index in [1.54, 1.807) is 12.1 Å². The average molecular weight is 490 g/mol. The van der Waals surface area contributed by atoms with E-state index in [1.807, 2.05) is 0 Å². The van der Waals surface area contributed by atoms with Crippen LogP contribution in [0.4, 0.5) is 4.39 Å². The second-order valence-corrected chi connectivity index (χ2v) is 8.41. The van der Waals surface area contributed by atoms with Crippen LogP contribution in [0.25, 0.3) is 10.9 Å². The van der Waals surface area contributed by atoms with Gasteiger partial charge in [0, 0.05) is 16.5 Å². The zero-order valence-electron chi connectivity index (χ0n) is 17.0. The maximum absolute atomic E-state index is 14.2. The van der Waals surface area contributed by atoms with Crippen LogP contribution in [0.1, 0.15) is 41.3 Å². The number of nitrogens with one attached hydrogen (secondary N) is 1. The number of aromatic nitrogens is 1.